The molecule has 4 heterocycles. The van der Waals surface area contributed by atoms with E-state index in [1.165, 1.54) is 0 Å². The number of nitrogens with one attached hydrogen (secondary N) is 3. The monoisotopic (exact) mass is 651 g/mol. The van der Waals surface area contributed by atoms with E-state index in [1.807, 2.05) is 30.3 Å². The van der Waals surface area contributed by atoms with Crippen LogP contribution in [0, 0.1) is 13.8 Å². The highest BCUT2D eigenvalue weighted by molar-refractivity contribution is 5.96. The van der Waals surface area contributed by atoms with Crippen LogP contribution in [-0.4, -0.2) is 71.5 Å². The summed E-state index contributed by atoms with van der Waals surface area (Å²) in [5.41, 5.74) is 3.14. The van der Waals surface area contributed by atoms with E-state index in [2.05, 4.69) is 20.6 Å². The number of amides is 3. The Hall–Kier alpha value is -5.65. The number of carbonyl (C=O) groups excluding carboxylic acids is 3. The fourth-order valence-corrected chi connectivity index (χ4v) is 6.00. The van der Waals surface area contributed by atoms with Crippen molar-refractivity contribution >= 4 is 17.7 Å². The van der Waals surface area contributed by atoms with Gasteiger partial charge in [0.05, 0.1) is 19.6 Å². The molecule has 248 valence electrons. The van der Waals surface area contributed by atoms with Gasteiger partial charge in [-0.15, -0.1) is 0 Å². The van der Waals surface area contributed by atoms with Crippen LogP contribution in [0.25, 0.3) is 11.1 Å². The summed E-state index contributed by atoms with van der Waals surface area (Å²) in [6.07, 6.45) is -0.119. The molecule has 0 saturated carbocycles. The van der Waals surface area contributed by atoms with E-state index in [1.54, 1.807) is 62.3 Å². The highest BCUT2D eigenvalue weighted by Gasteiger charge is 2.35. The maximum atomic E-state index is 13.8. The number of benzene rings is 3. The number of H-pyrrole nitrogens is 1. The predicted molar refractivity (Wildman–Crippen MR) is 177 cm³/mol. The van der Waals surface area contributed by atoms with Crippen molar-refractivity contribution in [3.63, 3.8) is 0 Å². The van der Waals surface area contributed by atoms with Crippen LogP contribution < -0.4 is 30.4 Å². The number of hydrogen-bond acceptors (Lipinski definition) is 8. The number of fused-ring (bicyclic) bond motifs is 7. The molecule has 2 atom stereocenters. The second-order valence-corrected chi connectivity index (χ2v) is 11.9. The fraction of sp³-hybridized carbons (Fsp3) is 0.306. The number of hydrogen-bond donors (Lipinski definition) is 3. The first-order valence-corrected chi connectivity index (χ1v) is 15.8. The summed E-state index contributed by atoms with van der Waals surface area (Å²) in [4.78, 5) is 61.2. The van der Waals surface area contributed by atoms with Crippen LogP contribution in [0.5, 0.6) is 17.2 Å². The molecule has 3 amide bonds. The third kappa shape index (κ3) is 7.33. The van der Waals surface area contributed by atoms with Gasteiger partial charge in [0, 0.05) is 48.4 Å². The first-order valence-electron chi connectivity index (χ1n) is 15.8. The number of aryl methyl sites for hydroxylation is 2. The molecule has 0 aliphatic carbocycles. The summed E-state index contributed by atoms with van der Waals surface area (Å²) < 4.78 is 17.8. The van der Waals surface area contributed by atoms with Crippen LogP contribution in [0.4, 0.5) is 0 Å². The Morgan fingerprint density at radius 3 is 2.58 bits per heavy atom. The zero-order valence-corrected chi connectivity index (χ0v) is 27.0. The molecule has 0 unspecified atom stereocenters. The van der Waals surface area contributed by atoms with Crippen LogP contribution in [0.3, 0.4) is 0 Å². The maximum absolute atomic E-state index is 13.8. The SMILES string of the molecule is COc1ccc2cc1-c1cccc(c1)OCC(=O)NCc1ccc(cc1)O[C@@H]1CCN(C(=O)Cc3c(C)nc(C)[nH]c3=O)C[C@H]1NC2=O. The largest absolute Gasteiger partial charge is 0.496 e. The van der Waals surface area contributed by atoms with Gasteiger partial charge in [-0.25, -0.2) is 4.98 Å². The van der Waals surface area contributed by atoms with Crippen LogP contribution in [0.1, 0.15) is 39.4 Å². The Bertz CT molecular complexity index is 1910. The van der Waals surface area contributed by atoms with Crippen LogP contribution in [-0.2, 0) is 22.6 Å². The number of likely N-dealkylation sites (tertiary alicyclic amines) is 1. The van der Waals surface area contributed by atoms with Crippen LogP contribution in [0.15, 0.2) is 71.5 Å². The second-order valence-electron chi connectivity index (χ2n) is 11.9. The van der Waals surface area contributed by atoms with Crippen molar-refractivity contribution in [2.24, 2.45) is 0 Å². The lowest BCUT2D eigenvalue weighted by Gasteiger charge is -2.39. The van der Waals surface area contributed by atoms with Gasteiger partial charge in [-0.2, -0.15) is 0 Å². The Balaban J connectivity index is 1.31. The van der Waals surface area contributed by atoms with E-state index in [0.29, 0.717) is 65.0 Å². The van der Waals surface area contributed by atoms with E-state index in [-0.39, 0.29) is 42.9 Å². The molecule has 48 heavy (non-hydrogen) atoms. The molecule has 3 aromatic carbocycles. The molecule has 0 spiro atoms. The number of aromatic nitrogens is 2. The third-order valence-corrected chi connectivity index (χ3v) is 8.56. The highest BCUT2D eigenvalue weighted by Crippen LogP contribution is 2.33. The Labute approximate surface area is 277 Å². The minimum Gasteiger partial charge on any atom is -0.496 e. The van der Waals surface area contributed by atoms with Crippen LogP contribution >= 0.6 is 0 Å². The molecule has 3 aliphatic rings. The predicted octanol–water partition coefficient (Wildman–Crippen LogP) is 3.09. The van der Waals surface area contributed by atoms with Gasteiger partial charge in [-0.05, 0) is 67.4 Å². The maximum Gasteiger partial charge on any atom is 0.258 e. The summed E-state index contributed by atoms with van der Waals surface area (Å²) in [5, 5.41) is 5.99. The molecule has 12 heteroatoms. The smallest absolute Gasteiger partial charge is 0.258 e. The minimum absolute atomic E-state index is 0.108. The lowest BCUT2D eigenvalue weighted by molar-refractivity contribution is -0.133. The van der Waals surface area contributed by atoms with Gasteiger partial charge in [0.2, 0.25) is 5.91 Å². The Kier molecular flexibility index (Phi) is 9.42. The highest BCUT2D eigenvalue weighted by atomic mass is 16.5. The summed E-state index contributed by atoms with van der Waals surface area (Å²) in [6.45, 7) is 4.11. The molecule has 4 aromatic rings. The second kappa shape index (κ2) is 14.0. The van der Waals surface area contributed by atoms with Gasteiger partial charge in [-0.3, -0.25) is 19.2 Å². The van der Waals surface area contributed by atoms with Crippen molar-refractivity contribution in [2.75, 3.05) is 26.8 Å². The topological polar surface area (TPSA) is 152 Å². The van der Waals surface area contributed by atoms with Crippen molar-refractivity contribution in [3.8, 4) is 28.4 Å². The molecule has 3 aliphatic heterocycles. The quantitative estimate of drug-likeness (QED) is 0.306. The summed E-state index contributed by atoms with van der Waals surface area (Å²) in [7, 11) is 1.55. The standard InChI is InChI=1S/C36H37N5O7/c1-21-28(36(45)39-22(2)38-21)17-34(43)41-14-13-32-30(19-41)40-35(44)25-9-12-31(46-3)29(16-25)24-5-4-6-27(15-24)47-20-33(42)37-18-23-7-10-26(48-32)11-8-23/h4-12,15-16,30,32H,13-14,17-20H2,1-3H3,(H,37,42)(H,40,44)(H,38,39,45)/t30-,32-/m1/s1. The molecular weight excluding hydrogens is 614 g/mol. The first kappa shape index (κ1) is 32.3. The molecule has 1 aromatic heterocycles. The van der Waals surface area contributed by atoms with Gasteiger partial charge in [0.1, 0.15) is 29.2 Å². The van der Waals surface area contributed by atoms with Gasteiger partial charge in [-0.1, -0.05) is 24.3 Å². The molecule has 0 radical (unpaired) electrons. The number of piperidine rings is 1. The Morgan fingerprint density at radius 2 is 1.81 bits per heavy atom. The molecule has 7 rings (SSSR count). The number of rotatable bonds is 3. The van der Waals surface area contributed by atoms with Gasteiger partial charge in [0.15, 0.2) is 6.61 Å². The summed E-state index contributed by atoms with van der Waals surface area (Å²) >= 11 is 0. The lowest BCUT2D eigenvalue weighted by Crippen LogP contribution is -2.58. The molecule has 3 N–H and O–H groups in total. The van der Waals surface area contributed by atoms with E-state index in [9.17, 15) is 19.2 Å². The average molecular weight is 652 g/mol. The van der Waals surface area contributed by atoms with E-state index >= 15 is 0 Å². The van der Waals surface area contributed by atoms with Gasteiger partial charge < -0.3 is 34.7 Å². The normalized spacial score (nSPS) is 18.0. The average Bonchev–Trinajstić information content (AvgIpc) is 3.08. The van der Waals surface area contributed by atoms with Crippen molar-refractivity contribution in [3.05, 3.63) is 105 Å². The number of ether oxygens (including phenoxy) is 3. The van der Waals surface area contributed by atoms with Gasteiger partial charge in [0.25, 0.3) is 17.4 Å². The molecule has 12 nitrogen and oxygen atoms in total. The molecule has 1 fully saturated rings. The van der Waals surface area contributed by atoms with Crippen molar-refractivity contribution in [2.45, 2.75) is 45.4 Å². The number of methoxy groups -OCH3 is 1. The lowest BCUT2D eigenvalue weighted by atomic mass is 9.98. The zero-order valence-electron chi connectivity index (χ0n) is 27.0. The fourth-order valence-electron chi connectivity index (χ4n) is 6.00. The zero-order chi connectivity index (χ0) is 33.8. The first-order chi connectivity index (χ1) is 23.2. The summed E-state index contributed by atoms with van der Waals surface area (Å²) in [6, 6.07) is 19.1. The van der Waals surface area contributed by atoms with Crippen molar-refractivity contribution < 1.29 is 28.6 Å². The van der Waals surface area contributed by atoms with Crippen molar-refractivity contribution in [1.29, 1.82) is 0 Å². The van der Waals surface area contributed by atoms with Gasteiger partial charge >= 0.3 is 0 Å². The minimum atomic E-state index is -0.572. The van der Waals surface area contributed by atoms with Crippen molar-refractivity contribution in [1.82, 2.24) is 25.5 Å². The molecular formula is C36H37N5O7. The van der Waals surface area contributed by atoms with Crippen LogP contribution in [0.2, 0.25) is 0 Å². The summed E-state index contributed by atoms with van der Waals surface area (Å²) in [5.74, 6) is 1.25. The number of nitrogens with zero attached hydrogens (tertiary/aromatic N) is 2. The number of carbonyl (C=O) groups is 3. The van der Waals surface area contributed by atoms with E-state index in [0.717, 1.165) is 11.1 Å². The van der Waals surface area contributed by atoms with E-state index in [4.69, 9.17) is 14.2 Å². The Morgan fingerprint density at radius 1 is 1.00 bits per heavy atom. The number of aromatic amines is 1. The van der Waals surface area contributed by atoms with E-state index < -0.39 is 12.1 Å². The molecule has 6 bridgehead atoms. The molecule has 1 saturated heterocycles. The third-order valence-electron chi connectivity index (χ3n) is 8.56.